The van der Waals surface area contributed by atoms with Crippen molar-refractivity contribution in [3.05, 3.63) is 107 Å². The summed E-state index contributed by atoms with van der Waals surface area (Å²) in [5.74, 6) is 0. The Bertz CT molecular complexity index is 1150. The molecule has 0 atom stereocenters. The molecule has 0 nitrogen and oxygen atoms in total. The van der Waals surface area contributed by atoms with Crippen molar-refractivity contribution in [3.63, 3.8) is 0 Å². The molecule has 0 heterocycles. The molecule has 0 N–H and O–H groups in total. The van der Waals surface area contributed by atoms with Crippen LogP contribution in [0.4, 0.5) is 0 Å². The Kier molecular flexibility index (Phi) is 3.07. The zero-order valence-electron chi connectivity index (χ0n) is 14.5. The summed E-state index contributed by atoms with van der Waals surface area (Å²) in [5, 5.41) is 0. The second-order valence-electron chi connectivity index (χ2n) is 7.30. The molecule has 0 unspecified atom stereocenters. The lowest BCUT2D eigenvalue weighted by molar-refractivity contribution is 0.788. The lowest BCUT2D eigenvalue weighted by atomic mass is 9.70. The highest BCUT2D eigenvalue weighted by atomic mass is 32.1. The molecule has 2 heteroatoms. The van der Waals surface area contributed by atoms with Crippen molar-refractivity contribution < 1.29 is 0 Å². The molecule has 0 radical (unpaired) electrons. The van der Waals surface area contributed by atoms with Gasteiger partial charge in [-0.2, -0.15) is 0 Å². The van der Waals surface area contributed by atoms with Gasteiger partial charge < -0.3 is 0 Å². The van der Waals surface area contributed by atoms with Crippen LogP contribution in [0.5, 0.6) is 0 Å². The third kappa shape index (κ3) is 1.82. The van der Waals surface area contributed by atoms with Gasteiger partial charge in [0.25, 0.3) is 0 Å². The third-order valence-electron chi connectivity index (χ3n) is 6.06. The van der Waals surface area contributed by atoms with E-state index in [1.165, 1.54) is 44.5 Å². The van der Waals surface area contributed by atoms with Crippen molar-refractivity contribution in [2.45, 2.75) is 15.2 Å². The Hall–Kier alpha value is -2.42. The van der Waals surface area contributed by atoms with Gasteiger partial charge in [0.15, 0.2) is 0 Å². The molecule has 0 bridgehead atoms. The molecular formula is C25H16S2. The van der Waals surface area contributed by atoms with Crippen LogP contribution in [0.3, 0.4) is 0 Å². The Labute approximate surface area is 169 Å². The minimum atomic E-state index is -0.296. The SMILES string of the molecule is Sc1ccc2c(c1)C1(c3ccccc3-c3ccccc31)c1cc(S)ccc1-2. The average molecular weight is 381 g/mol. The van der Waals surface area contributed by atoms with Crippen molar-refractivity contribution in [1.82, 2.24) is 0 Å². The van der Waals surface area contributed by atoms with E-state index in [4.69, 9.17) is 0 Å². The molecule has 4 aromatic carbocycles. The lowest BCUT2D eigenvalue weighted by Gasteiger charge is -2.30. The molecular weight excluding hydrogens is 364 g/mol. The fourth-order valence-electron chi connectivity index (χ4n) is 5.12. The minimum absolute atomic E-state index is 0.296. The molecule has 0 saturated heterocycles. The van der Waals surface area contributed by atoms with E-state index in [-0.39, 0.29) is 5.41 Å². The molecule has 0 aromatic heterocycles. The van der Waals surface area contributed by atoms with Crippen LogP contribution in [0.25, 0.3) is 22.3 Å². The second kappa shape index (κ2) is 5.31. The van der Waals surface area contributed by atoms with Crippen LogP contribution in [-0.4, -0.2) is 0 Å². The summed E-state index contributed by atoms with van der Waals surface area (Å²) in [7, 11) is 0. The molecule has 27 heavy (non-hydrogen) atoms. The summed E-state index contributed by atoms with van der Waals surface area (Å²) in [6, 6.07) is 30.7. The predicted molar refractivity (Wildman–Crippen MR) is 117 cm³/mol. The number of benzene rings is 4. The first-order chi connectivity index (χ1) is 13.2. The maximum atomic E-state index is 4.68. The van der Waals surface area contributed by atoms with Gasteiger partial charge in [0.05, 0.1) is 5.41 Å². The highest BCUT2D eigenvalue weighted by Gasteiger charge is 2.51. The Morgan fingerprint density at radius 1 is 0.444 bits per heavy atom. The maximum absolute atomic E-state index is 4.68. The molecule has 1 spiro atoms. The quantitative estimate of drug-likeness (QED) is 0.272. The van der Waals surface area contributed by atoms with Crippen molar-refractivity contribution in [2.24, 2.45) is 0 Å². The monoisotopic (exact) mass is 380 g/mol. The first-order valence-corrected chi connectivity index (χ1v) is 9.97. The number of rotatable bonds is 0. The Morgan fingerprint density at radius 3 is 1.33 bits per heavy atom. The Morgan fingerprint density at radius 2 is 0.852 bits per heavy atom. The smallest absolute Gasteiger partial charge is 0.0726 e. The topological polar surface area (TPSA) is 0 Å². The van der Waals surface area contributed by atoms with Gasteiger partial charge in [-0.25, -0.2) is 0 Å². The van der Waals surface area contributed by atoms with E-state index in [0.717, 1.165) is 9.79 Å². The number of fused-ring (bicyclic) bond motifs is 10. The molecule has 2 aliphatic rings. The van der Waals surface area contributed by atoms with Gasteiger partial charge in [0.2, 0.25) is 0 Å². The first kappa shape index (κ1) is 15.6. The van der Waals surface area contributed by atoms with Crippen molar-refractivity contribution >= 4 is 25.3 Å². The third-order valence-corrected chi connectivity index (χ3v) is 6.61. The normalized spacial score (nSPS) is 14.6. The van der Waals surface area contributed by atoms with Crippen LogP contribution in [-0.2, 0) is 5.41 Å². The summed E-state index contributed by atoms with van der Waals surface area (Å²) in [4.78, 5) is 1.99. The van der Waals surface area contributed by atoms with Crippen molar-refractivity contribution in [3.8, 4) is 22.3 Å². The molecule has 0 fully saturated rings. The van der Waals surface area contributed by atoms with Crippen LogP contribution in [0.2, 0.25) is 0 Å². The number of thiol groups is 2. The molecule has 128 valence electrons. The summed E-state index contributed by atoms with van der Waals surface area (Å²) in [6.07, 6.45) is 0. The maximum Gasteiger partial charge on any atom is 0.0726 e. The zero-order chi connectivity index (χ0) is 18.2. The van der Waals surface area contributed by atoms with E-state index in [1.807, 2.05) is 0 Å². The molecule has 6 rings (SSSR count). The van der Waals surface area contributed by atoms with Crippen LogP contribution in [0, 0.1) is 0 Å². The van der Waals surface area contributed by atoms with Crippen LogP contribution < -0.4 is 0 Å². The molecule has 0 aliphatic heterocycles. The molecule has 4 aromatic rings. The summed E-state index contributed by atoms with van der Waals surface area (Å²) in [5.41, 5.74) is 10.3. The van der Waals surface area contributed by atoms with Crippen molar-refractivity contribution in [1.29, 1.82) is 0 Å². The van der Waals surface area contributed by atoms with Gasteiger partial charge in [-0.3, -0.25) is 0 Å². The molecule has 0 saturated carbocycles. The Balaban J connectivity index is 1.88. The van der Waals surface area contributed by atoms with Crippen molar-refractivity contribution in [2.75, 3.05) is 0 Å². The number of hydrogen-bond acceptors (Lipinski definition) is 2. The predicted octanol–water partition coefficient (Wildman–Crippen LogP) is 6.61. The van der Waals surface area contributed by atoms with Crippen LogP contribution >= 0.6 is 25.3 Å². The summed E-state index contributed by atoms with van der Waals surface area (Å²) < 4.78 is 0. The lowest BCUT2D eigenvalue weighted by Crippen LogP contribution is -2.25. The highest BCUT2D eigenvalue weighted by molar-refractivity contribution is 7.80. The fraction of sp³-hybridized carbons (Fsp3) is 0.0400. The zero-order valence-corrected chi connectivity index (χ0v) is 16.3. The highest BCUT2D eigenvalue weighted by Crippen LogP contribution is 2.62. The fourth-order valence-corrected chi connectivity index (χ4v) is 5.52. The van der Waals surface area contributed by atoms with E-state index in [9.17, 15) is 0 Å². The standard InChI is InChI=1S/C25H16S2/c26-15-9-11-19-20-12-10-16(27)14-24(20)25(23(19)13-15)21-7-3-1-5-17(21)18-6-2-4-8-22(18)25/h1-14,26-27H. The average Bonchev–Trinajstić information content (AvgIpc) is 3.14. The van der Waals surface area contributed by atoms with Crippen LogP contribution in [0.15, 0.2) is 94.7 Å². The summed E-state index contributed by atoms with van der Waals surface area (Å²) in [6.45, 7) is 0. The molecule has 2 aliphatic carbocycles. The van der Waals surface area contributed by atoms with Gasteiger partial charge in [-0.05, 0) is 68.8 Å². The van der Waals surface area contributed by atoms with Crippen LogP contribution in [0.1, 0.15) is 22.3 Å². The van der Waals surface area contributed by atoms with Gasteiger partial charge in [0.1, 0.15) is 0 Å². The van der Waals surface area contributed by atoms with Gasteiger partial charge in [-0.1, -0.05) is 60.7 Å². The van der Waals surface area contributed by atoms with Gasteiger partial charge >= 0.3 is 0 Å². The van der Waals surface area contributed by atoms with E-state index in [0.29, 0.717) is 0 Å². The summed E-state index contributed by atoms with van der Waals surface area (Å²) >= 11 is 9.37. The van der Waals surface area contributed by atoms with E-state index < -0.39 is 0 Å². The minimum Gasteiger partial charge on any atom is -0.143 e. The van der Waals surface area contributed by atoms with Gasteiger partial charge in [-0.15, -0.1) is 25.3 Å². The molecule has 0 amide bonds. The number of hydrogen-bond donors (Lipinski definition) is 2. The van der Waals surface area contributed by atoms with E-state index in [1.54, 1.807) is 0 Å². The second-order valence-corrected chi connectivity index (χ2v) is 8.33. The van der Waals surface area contributed by atoms with E-state index >= 15 is 0 Å². The van der Waals surface area contributed by atoms with E-state index in [2.05, 4.69) is 110 Å². The first-order valence-electron chi connectivity index (χ1n) is 9.08. The van der Waals surface area contributed by atoms with Gasteiger partial charge in [0, 0.05) is 9.79 Å². The largest absolute Gasteiger partial charge is 0.143 e.